The number of hydrogen-bond acceptors (Lipinski definition) is 8. The van der Waals surface area contributed by atoms with Gasteiger partial charge in [-0.05, 0) is 6.92 Å². The van der Waals surface area contributed by atoms with Crippen LogP contribution in [0.2, 0.25) is 0 Å². The number of esters is 2. The molecule has 118 valence electrons. The number of amides is 4. The number of rotatable bonds is 2. The Morgan fingerprint density at radius 2 is 1.68 bits per heavy atom. The van der Waals surface area contributed by atoms with Crippen LogP contribution in [0.4, 0.5) is 4.79 Å². The van der Waals surface area contributed by atoms with Gasteiger partial charge in [-0.25, -0.2) is 14.4 Å². The highest BCUT2D eigenvalue weighted by atomic mass is 16.6. The summed E-state index contributed by atoms with van der Waals surface area (Å²) in [6.45, 7) is 1.32. The molecule has 2 rings (SSSR count). The molecule has 10 nitrogen and oxygen atoms in total. The lowest BCUT2D eigenvalue weighted by atomic mass is 9.89. The second-order valence-electron chi connectivity index (χ2n) is 4.53. The predicted molar refractivity (Wildman–Crippen MR) is 66.0 cm³/mol. The van der Waals surface area contributed by atoms with Gasteiger partial charge in [-0.2, -0.15) is 0 Å². The van der Waals surface area contributed by atoms with Crippen molar-refractivity contribution in [3.63, 3.8) is 0 Å². The van der Waals surface area contributed by atoms with E-state index in [4.69, 9.17) is 4.74 Å². The highest BCUT2D eigenvalue weighted by molar-refractivity contribution is 6.30. The number of aliphatic hydroxyl groups excluding tert-OH is 1. The number of carbonyl (C=O) groups is 5. The number of imide groups is 2. The van der Waals surface area contributed by atoms with Gasteiger partial charge in [-0.3, -0.25) is 19.4 Å². The van der Waals surface area contributed by atoms with Gasteiger partial charge >= 0.3 is 23.6 Å². The minimum atomic E-state index is -2.75. The van der Waals surface area contributed by atoms with Gasteiger partial charge in [-0.15, -0.1) is 0 Å². The maximum atomic E-state index is 12.4. The summed E-state index contributed by atoms with van der Waals surface area (Å²) >= 11 is 0. The second kappa shape index (κ2) is 4.83. The zero-order valence-corrected chi connectivity index (χ0v) is 11.9. The molecule has 0 atom stereocenters. The predicted octanol–water partition coefficient (Wildman–Crippen LogP) is -1.29. The maximum Gasteiger partial charge on any atom is 0.376 e. The van der Waals surface area contributed by atoms with Crippen LogP contribution in [0.25, 0.3) is 0 Å². The molecule has 2 heterocycles. The molecule has 2 aliphatic heterocycles. The Hall–Kier alpha value is -2.91. The minimum Gasteiger partial charge on any atom is -0.501 e. The van der Waals surface area contributed by atoms with Gasteiger partial charge in [0.15, 0.2) is 0 Å². The number of urea groups is 1. The third-order valence-electron chi connectivity index (χ3n) is 3.29. The summed E-state index contributed by atoms with van der Waals surface area (Å²) in [7, 11) is 2.09. The van der Waals surface area contributed by atoms with Crippen molar-refractivity contribution in [2.75, 3.05) is 20.7 Å². The van der Waals surface area contributed by atoms with Crippen LogP contribution >= 0.6 is 0 Å². The highest BCUT2D eigenvalue weighted by Crippen LogP contribution is 2.38. The molecule has 4 amide bonds. The van der Waals surface area contributed by atoms with Crippen LogP contribution in [0.5, 0.6) is 0 Å². The SMILES string of the molecule is CCOC(=O)C1=C(O)C(=O)OC12C(=O)N(C)C(=O)N(C)C2=O. The number of nitrogens with zero attached hydrogens (tertiary/aromatic N) is 2. The fourth-order valence-corrected chi connectivity index (χ4v) is 2.21. The van der Waals surface area contributed by atoms with Crippen molar-refractivity contribution in [2.45, 2.75) is 12.5 Å². The Balaban J connectivity index is 2.67. The Kier molecular flexibility index (Phi) is 3.39. The van der Waals surface area contributed by atoms with Gasteiger partial charge in [0.05, 0.1) is 6.61 Å². The molecule has 1 fully saturated rings. The van der Waals surface area contributed by atoms with Crippen molar-refractivity contribution in [3.05, 3.63) is 11.3 Å². The van der Waals surface area contributed by atoms with Crippen molar-refractivity contribution in [3.8, 4) is 0 Å². The van der Waals surface area contributed by atoms with E-state index in [1.54, 1.807) is 0 Å². The van der Waals surface area contributed by atoms with E-state index in [1.807, 2.05) is 0 Å². The van der Waals surface area contributed by atoms with Crippen LogP contribution in [-0.2, 0) is 28.7 Å². The molecule has 2 aliphatic rings. The maximum absolute atomic E-state index is 12.4. The number of carbonyl (C=O) groups excluding carboxylic acids is 5. The summed E-state index contributed by atoms with van der Waals surface area (Å²) in [4.78, 5) is 61.0. The summed E-state index contributed by atoms with van der Waals surface area (Å²) in [6, 6.07) is -0.966. The summed E-state index contributed by atoms with van der Waals surface area (Å²) in [5, 5.41) is 9.72. The minimum absolute atomic E-state index is 0.132. The largest absolute Gasteiger partial charge is 0.501 e. The zero-order chi connectivity index (χ0) is 16.8. The summed E-state index contributed by atoms with van der Waals surface area (Å²) in [6.07, 6.45) is 0. The average Bonchev–Trinajstić information content (AvgIpc) is 2.75. The standard InChI is InChI=1S/C12H12N2O8/c1-4-21-7(16)5-6(15)8(17)22-12(5)9(18)13(2)11(20)14(3)10(12)19/h15H,4H2,1-3H3. The molecule has 0 bridgehead atoms. The lowest BCUT2D eigenvalue weighted by Crippen LogP contribution is -2.68. The van der Waals surface area contributed by atoms with Crippen LogP contribution in [-0.4, -0.2) is 71.0 Å². The highest BCUT2D eigenvalue weighted by Gasteiger charge is 2.68. The smallest absolute Gasteiger partial charge is 0.376 e. The zero-order valence-electron chi connectivity index (χ0n) is 11.9. The molecule has 0 aromatic rings. The van der Waals surface area contributed by atoms with E-state index in [-0.39, 0.29) is 6.61 Å². The number of aliphatic hydroxyl groups is 1. The van der Waals surface area contributed by atoms with Gasteiger partial charge in [0, 0.05) is 14.1 Å². The summed E-state index contributed by atoms with van der Waals surface area (Å²) in [5.74, 6) is -6.41. The Labute approximate surface area is 123 Å². The second-order valence-corrected chi connectivity index (χ2v) is 4.53. The fraction of sp³-hybridized carbons (Fsp3) is 0.417. The van der Waals surface area contributed by atoms with Gasteiger partial charge < -0.3 is 14.6 Å². The van der Waals surface area contributed by atoms with E-state index in [0.29, 0.717) is 9.80 Å². The third-order valence-corrected chi connectivity index (χ3v) is 3.29. The Morgan fingerprint density at radius 3 is 2.14 bits per heavy atom. The van der Waals surface area contributed by atoms with Crippen LogP contribution in [0, 0.1) is 0 Å². The summed E-state index contributed by atoms with van der Waals surface area (Å²) < 4.78 is 9.35. The van der Waals surface area contributed by atoms with E-state index >= 15 is 0 Å². The van der Waals surface area contributed by atoms with E-state index in [0.717, 1.165) is 14.1 Å². The topological polar surface area (TPSA) is 131 Å². The average molecular weight is 312 g/mol. The van der Waals surface area contributed by atoms with Crippen molar-refractivity contribution < 1.29 is 38.6 Å². The first-order valence-electron chi connectivity index (χ1n) is 6.14. The monoisotopic (exact) mass is 312 g/mol. The normalized spacial score (nSPS) is 20.9. The van der Waals surface area contributed by atoms with Crippen molar-refractivity contribution in [1.29, 1.82) is 0 Å². The van der Waals surface area contributed by atoms with Gasteiger partial charge in [0.25, 0.3) is 11.8 Å². The first-order chi connectivity index (χ1) is 10.2. The molecule has 1 spiro atoms. The van der Waals surface area contributed by atoms with Gasteiger partial charge in [0.1, 0.15) is 5.57 Å². The number of barbiturate groups is 1. The molecule has 0 aliphatic carbocycles. The van der Waals surface area contributed by atoms with E-state index in [1.165, 1.54) is 6.92 Å². The van der Waals surface area contributed by atoms with E-state index in [9.17, 15) is 29.1 Å². The third kappa shape index (κ3) is 1.70. The quantitative estimate of drug-likeness (QED) is 0.492. The van der Waals surface area contributed by atoms with E-state index < -0.39 is 46.7 Å². The van der Waals surface area contributed by atoms with Crippen molar-refractivity contribution >= 4 is 29.8 Å². The van der Waals surface area contributed by atoms with Crippen molar-refractivity contribution in [1.82, 2.24) is 9.80 Å². The van der Waals surface area contributed by atoms with Crippen LogP contribution in [0.15, 0.2) is 11.3 Å². The summed E-state index contributed by atoms with van der Waals surface area (Å²) in [5.41, 5.74) is -3.68. The first kappa shape index (κ1) is 15.5. The lowest BCUT2D eigenvalue weighted by Gasteiger charge is -2.38. The number of ether oxygens (including phenoxy) is 2. The molecule has 10 heteroatoms. The molecule has 0 aromatic carbocycles. The van der Waals surface area contributed by atoms with Crippen LogP contribution < -0.4 is 0 Å². The molecular formula is C12H12N2O8. The molecule has 0 unspecified atom stereocenters. The molecule has 0 radical (unpaired) electrons. The molecule has 0 aromatic heterocycles. The van der Waals surface area contributed by atoms with E-state index in [2.05, 4.69) is 4.74 Å². The lowest BCUT2D eigenvalue weighted by molar-refractivity contribution is -0.176. The number of hydrogen-bond donors (Lipinski definition) is 1. The molecule has 0 saturated carbocycles. The first-order valence-corrected chi connectivity index (χ1v) is 6.14. The molecular weight excluding hydrogens is 300 g/mol. The fourth-order valence-electron chi connectivity index (χ4n) is 2.21. The molecule has 22 heavy (non-hydrogen) atoms. The van der Waals surface area contributed by atoms with Crippen LogP contribution in [0.3, 0.4) is 0 Å². The Morgan fingerprint density at radius 1 is 1.18 bits per heavy atom. The number of likely N-dealkylation sites (N-methyl/N-ethyl adjacent to an activating group) is 2. The Bertz CT molecular complexity index is 626. The molecule has 1 N–H and O–H groups in total. The van der Waals surface area contributed by atoms with Crippen LogP contribution in [0.1, 0.15) is 6.92 Å². The molecule has 1 saturated heterocycles. The van der Waals surface area contributed by atoms with Gasteiger partial charge in [0.2, 0.25) is 5.76 Å². The van der Waals surface area contributed by atoms with Gasteiger partial charge in [-0.1, -0.05) is 0 Å². The van der Waals surface area contributed by atoms with Crippen molar-refractivity contribution in [2.24, 2.45) is 0 Å².